The molecule has 1 atom stereocenters. The molecule has 35 valence electrons. The lowest BCUT2D eigenvalue weighted by Gasteiger charge is -2.00. The predicted molar refractivity (Wildman–Crippen MR) is 26.8 cm³/mol. The van der Waals surface area contributed by atoms with E-state index >= 15 is 0 Å². The molecule has 0 fully saturated rings. The first-order valence-electron chi connectivity index (χ1n) is 2.10. The summed E-state index contributed by atoms with van der Waals surface area (Å²) in [5, 5.41) is 0. The van der Waals surface area contributed by atoms with E-state index in [0.29, 0.717) is 0 Å². The Labute approximate surface area is 42.1 Å². The fourth-order valence-corrected chi connectivity index (χ4v) is 0.417. The van der Waals surface area contributed by atoms with Crippen LogP contribution in [0.1, 0.15) is 13.8 Å². The molecule has 1 nitrogen and oxygen atoms in total. The van der Waals surface area contributed by atoms with Gasteiger partial charge in [-0.1, -0.05) is 0 Å². The Kier molecular flexibility index (Phi) is 3.47. The minimum atomic E-state index is 0.204. The second-order valence-electron chi connectivity index (χ2n) is 1.10. The van der Waals surface area contributed by atoms with E-state index in [1.165, 1.54) is 0 Å². The lowest BCUT2D eigenvalue weighted by molar-refractivity contribution is 0.132. The normalized spacial score (nSPS) is 14.5. The van der Waals surface area contributed by atoms with E-state index in [2.05, 4.69) is 10.2 Å². The van der Waals surface area contributed by atoms with Crippen molar-refractivity contribution in [3.8, 4) is 0 Å². The van der Waals surface area contributed by atoms with Crippen molar-refractivity contribution in [2.45, 2.75) is 19.6 Å². The van der Waals surface area contributed by atoms with Gasteiger partial charge >= 0.3 is 0 Å². The molecule has 0 aliphatic rings. The molecule has 0 saturated carbocycles. The fourth-order valence-electron chi connectivity index (χ4n) is 0.250. The first-order valence-corrected chi connectivity index (χ1v) is 2.67. The highest BCUT2D eigenvalue weighted by atomic mass is 28.1. The third-order valence-electron chi connectivity index (χ3n) is 0.417. The van der Waals surface area contributed by atoms with Crippen LogP contribution in [0.2, 0.25) is 0 Å². The summed E-state index contributed by atoms with van der Waals surface area (Å²) in [6, 6.07) is 0. The Morgan fingerprint density at radius 3 is 2.33 bits per heavy atom. The van der Waals surface area contributed by atoms with Crippen molar-refractivity contribution in [2.75, 3.05) is 6.61 Å². The average Bonchev–Trinajstić information content (AvgIpc) is 1.35. The van der Waals surface area contributed by atoms with Gasteiger partial charge in [0.25, 0.3) is 0 Å². The number of hydrogen-bond acceptors (Lipinski definition) is 1. The van der Waals surface area contributed by atoms with Gasteiger partial charge in [-0.15, -0.1) is 0 Å². The van der Waals surface area contributed by atoms with Gasteiger partial charge in [0.05, 0.1) is 10.2 Å². The molecular weight excluding hydrogens is 92.1 g/mol. The minimum absolute atomic E-state index is 0.204. The standard InChI is InChI=1S/C4H9OSi/c1-3-5-4(2)6/h4H,3H2,1-2H3. The van der Waals surface area contributed by atoms with Gasteiger partial charge in [0, 0.05) is 12.3 Å². The molecule has 0 aliphatic heterocycles. The van der Waals surface area contributed by atoms with Crippen molar-refractivity contribution in [3.05, 3.63) is 0 Å². The van der Waals surface area contributed by atoms with Crippen LogP contribution in [0, 0.1) is 0 Å². The topological polar surface area (TPSA) is 9.23 Å². The summed E-state index contributed by atoms with van der Waals surface area (Å²) in [7, 11) is 3.26. The molecule has 0 rings (SSSR count). The van der Waals surface area contributed by atoms with Crippen LogP contribution in [0.25, 0.3) is 0 Å². The summed E-state index contributed by atoms with van der Waals surface area (Å²) in [5.41, 5.74) is 0.204. The lowest BCUT2D eigenvalue weighted by Crippen LogP contribution is -2.05. The molecule has 0 spiro atoms. The van der Waals surface area contributed by atoms with E-state index in [1.807, 2.05) is 13.8 Å². The van der Waals surface area contributed by atoms with Gasteiger partial charge in [0.15, 0.2) is 0 Å². The molecule has 0 aromatic heterocycles. The Hall–Kier alpha value is 0.177. The maximum Gasteiger partial charge on any atom is 0.0653 e. The highest BCUT2D eigenvalue weighted by molar-refractivity contribution is 6.10. The van der Waals surface area contributed by atoms with Gasteiger partial charge in [-0.2, -0.15) is 0 Å². The van der Waals surface area contributed by atoms with Gasteiger partial charge in [0.1, 0.15) is 0 Å². The van der Waals surface area contributed by atoms with E-state index in [0.717, 1.165) is 6.61 Å². The molecule has 0 bridgehead atoms. The highest BCUT2D eigenvalue weighted by Crippen LogP contribution is 1.78. The van der Waals surface area contributed by atoms with E-state index in [4.69, 9.17) is 4.74 Å². The summed E-state index contributed by atoms with van der Waals surface area (Å²) in [4.78, 5) is 0. The second kappa shape index (κ2) is 3.37. The third-order valence-corrected chi connectivity index (χ3v) is 0.583. The Morgan fingerprint density at radius 1 is 1.83 bits per heavy atom. The third kappa shape index (κ3) is 4.18. The van der Waals surface area contributed by atoms with E-state index in [-0.39, 0.29) is 5.73 Å². The zero-order valence-corrected chi connectivity index (χ0v) is 5.19. The number of rotatable bonds is 2. The summed E-state index contributed by atoms with van der Waals surface area (Å²) in [6.07, 6.45) is 0. The van der Waals surface area contributed by atoms with Crippen LogP contribution in [0.15, 0.2) is 0 Å². The molecule has 6 heavy (non-hydrogen) atoms. The molecule has 0 amide bonds. The zero-order valence-electron chi connectivity index (χ0n) is 4.19. The van der Waals surface area contributed by atoms with Crippen LogP contribution < -0.4 is 0 Å². The van der Waals surface area contributed by atoms with Crippen molar-refractivity contribution in [3.63, 3.8) is 0 Å². The van der Waals surface area contributed by atoms with Crippen LogP contribution in [0.3, 0.4) is 0 Å². The Morgan fingerprint density at radius 2 is 2.33 bits per heavy atom. The van der Waals surface area contributed by atoms with Crippen LogP contribution in [0.5, 0.6) is 0 Å². The van der Waals surface area contributed by atoms with Crippen molar-refractivity contribution < 1.29 is 4.74 Å². The maximum atomic E-state index is 4.96. The van der Waals surface area contributed by atoms with Crippen molar-refractivity contribution in [2.24, 2.45) is 0 Å². The maximum absolute atomic E-state index is 4.96. The van der Waals surface area contributed by atoms with E-state index in [9.17, 15) is 0 Å². The van der Waals surface area contributed by atoms with E-state index in [1.54, 1.807) is 0 Å². The van der Waals surface area contributed by atoms with Crippen LogP contribution in [-0.4, -0.2) is 22.6 Å². The lowest BCUT2D eigenvalue weighted by atomic mass is 10.8. The van der Waals surface area contributed by atoms with Crippen LogP contribution in [0.4, 0.5) is 0 Å². The molecule has 0 aliphatic carbocycles. The molecular formula is C4H9OSi. The molecule has 0 heterocycles. The monoisotopic (exact) mass is 101 g/mol. The molecule has 0 aromatic rings. The molecule has 3 radical (unpaired) electrons. The van der Waals surface area contributed by atoms with E-state index < -0.39 is 0 Å². The SMILES string of the molecule is CCOC(C)[Si]. The molecule has 1 unspecified atom stereocenters. The molecule has 0 saturated heterocycles. The van der Waals surface area contributed by atoms with Crippen molar-refractivity contribution in [1.29, 1.82) is 0 Å². The summed E-state index contributed by atoms with van der Waals surface area (Å²) >= 11 is 0. The van der Waals surface area contributed by atoms with Gasteiger partial charge in [-0.05, 0) is 13.8 Å². The number of ether oxygens (including phenoxy) is 1. The van der Waals surface area contributed by atoms with Crippen molar-refractivity contribution in [1.82, 2.24) is 0 Å². The van der Waals surface area contributed by atoms with Crippen LogP contribution >= 0.6 is 0 Å². The van der Waals surface area contributed by atoms with Crippen molar-refractivity contribution >= 4 is 10.2 Å². The smallest absolute Gasteiger partial charge is 0.0653 e. The van der Waals surface area contributed by atoms with Gasteiger partial charge in [-0.25, -0.2) is 0 Å². The first kappa shape index (κ1) is 6.18. The molecule has 2 heteroatoms. The van der Waals surface area contributed by atoms with Gasteiger partial charge < -0.3 is 4.74 Å². The summed E-state index contributed by atoms with van der Waals surface area (Å²) in [6.45, 7) is 4.70. The molecule has 0 aromatic carbocycles. The summed E-state index contributed by atoms with van der Waals surface area (Å²) < 4.78 is 4.96. The first-order chi connectivity index (χ1) is 2.77. The summed E-state index contributed by atoms with van der Waals surface area (Å²) in [5.74, 6) is 0. The zero-order chi connectivity index (χ0) is 4.99. The largest absolute Gasteiger partial charge is 0.383 e. The second-order valence-corrected chi connectivity index (χ2v) is 1.91. The Balaban J connectivity index is 2.63. The Bertz CT molecular complexity index is 28.7. The average molecular weight is 101 g/mol. The highest BCUT2D eigenvalue weighted by Gasteiger charge is 1.84. The number of hydrogen-bond donors (Lipinski definition) is 0. The van der Waals surface area contributed by atoms with Gasteiger partial charge in [0.2, 0.25) is 0 Å². The van der Waals surface area contributed by atoms with Gasteiger partial charge in [-0.3, -0.25) is 0 Å². The minimum Gasteiger partial charge on any atom is -0.383 e. The molecule has 0 N–H and O–H groups in total. The predicted octanol–water partition coefficient (Wildman–Crippen LogP) is 0.537. The van der Waals surface area contributed by atoms with Crippen LogP contribution in [-0.2, 0) is 4.74 Å². The fraction of sp³-hybridized carbons (Fsp3) is 1.00. The quantitative estimate of drug-likeness (QED) is 0.461.